The first-order valence-electron chi connectivity index (χ1n) is 6.32. The number of nitrogens with zero attached hydrogens (tertiary/aromatic N) is 1. The van der Waals surface area contributed by atoms with Gasteiger partial charge in [0.25, 0.3) is 0 Å². The van der Waals surface area contributed by atoms with Crippen molar-refractivity contribution in [2.24, 2.45) is 0 Å². The molecule has 0 aliphatic rings. The van der Waals surface area contributed by atoms with Crippen molar-refractivity contribution in [3.63, 3.8) is 0 Å². The zero-order chi connectivity index (χ0) is 14.4. The van der Waals surface area contributed by atoms with Crippen molar-refractivity contribution in [3.8, 4) is 34.9 Å². The summed E-state index contributed by atoms with van der Waals surface area (Å²) in [4.78, 5) is 4.38. The summed E-state index contributed by atoms with van der Waals surface area (Å²) in [5.41, 5.74) is 1.78. The Kier molecular flexibility index (Phi) is 4.20. The van der Waals surface area contributed by atoms with E-state index in [9.17, 15) is 5.11 Å². The van der Waals surface area contributed by atoms with Gasteiger partial charge in [0.05, 0.1) is 5.69 Å². The fourth-order valence-electron chi connectivity index (χ4n) is 1.54. The normalized spacial score (nSPS) is 9.95. The Morgan fingerprint density at radius 3 is 2.35 bits per heavy atom. The van der Waals surface area contributed by atoms with Crippen LogP contribution in [0.1, 0.15) is 19.4 Å². The van der Waals surface area contributed by atoms with E-state index >= 15 is 0 Å². The first-order valence-corrected chi connectivity index (χ1v) is 6.32. The van der Waals surface area contributed by atoms with E-state index in [2.05, 4.69) is 28.7 Å². The van der Waals surface area contributed by atoms with Crippen molar-refractivity contribution in [1.29, 1.82) is 0 Å². The van der Waals surface area contributed by atoms with Crippen molar-refractivity contribution in [2.45, 2.75) is 19.4 Å². The topological polar surface area (TPSA) is 33.1 Å². The van der Waals surface area contributed by atoms with Gasteiger partial charge in [0.2, 0.25) is 0 Å². The second-order valence-corrected chi connectivity index (χ2v) is 4.86. The molecule has 20 heavy (non-hydrogen) atoms. The SMILES string of the molecule is CC(C)(O)C#CC#Cc1ccc(-c2ccccc2)nc1. The lowest BCUT2D eigenvalue weighted by Crippen LogP contribution is -2.14. The summed E-state index contributed by atoms with van der Waals surface area (Å²) in [6, 6.07) is 13.8. The van der Waals surface area contributed by atoms with Gasteiger partial charge in [-0.05, 0) is 37.8 Å². The van der Waals surface area contributed by atoms with E-state index in [1.807, 2.05) is 42.5 Å². The van der Waals surface area contributed by atoms with Gasteiger partial charge in [-0.2, -0.15) is 0 Å². The van der Waals surface area contributed by atoms with Crippen LogP contribution >= 0.6 is 0 Å². The summed E-state index contributed by atoms with van der Waals surface area (Å²) >= 11 is 0. The first kappa shape index (κ1) is 13.9. The highest BCUT2D eigenvalue weighted by Crippen LogP contribution is 2.15. The Morgan fingerprint density at radius 1 is 1.00 bits per heavy atom. The minimum Gasteiger partial charge on any atom is -0.378 e. The van der Waals surface area contributed by atoms with Gasteiger partial charge in [0.1, 0.15) is 5.60 Å². The van der Waals surface area contributed by atoms with Gasteiger partial charge in [-0.25, -0.2) is 0 Å². The van der Waals surface area contributed by atoms with Crippen LogP contribution in [-0.4, -0.2) is 15.7 Å². The maximum Gasteiger partial charge on any atom is 0.120 e. The van der Waals surface area contributed by atoms with Crippen LogP contribution in [0.25, 0.3) is 11.3 Å². The largest absolute Gasteiger partial charge is 0.378 e. The van der Waals surface area contributed by atoms with Crippen LogP contribution in [0.15, 0.2) is 48.7 Å². The molecule has 1 heterocycles. The lowest BCUT2D eigenvalue weighted by molar-refractivity contribution is 0.143. The molecule has 0 amide bonds. The molecule has 0 radical (unpaired) electrons. The zero-order valence-electron chi connectivity index (χ0n) is 11.5. The Morgan fingerprint density at radius 2 is 1.75 bits per heavy atom. The van der Waals surface area contributed by atoms with Gasteiger partial charge >= 0.3 is 0 Å². The third-order valence-corrected chi connectivity index (χ3v) is 2.47. The highest BCUT2D eigenvalue weighted by Gasteiger charge is 2.04. The van der Waals surface area contributed by atoms with Crippen molar-refractivity contribution < 1.29 is 5.11 Å². The summed E-state index contributed by atoms with van der Waals surface area (Å²) in [6.45, 7) is 3.25. The molecule has 2 aromatic rings. The molecule has 0 saturated carbocycles. The van der Waals surface area contributed by atoms with Crippen molar-refractivity contribution in [2.75, 3.05) is 0 Å². The fraction of sp³-hybridized carbons (Fsp3) is 0.167. The number of benzene rings is 1. The molecule has 0 saturated heterocycles. The Bertz CT molecular complexity index is 687. The Labute approximate surface area is 119 Å². The molecule has 1 aromatic heterocycles. The van der Waals surface area contributed by atoms with Crippen molar-refractivity contribution in [1.82, 2.24) is 4.98 Å². The van der Waals surface area contributed by atoms with E-state index in [1.54, 1.807) is 20.0 Å². The lowest BCUT2D eigenvalue weighted by Gasteiger charge is -2.04. The van der Waals surface area contributed by atoms with Gasteiger partial charge in [-0.15, -0.1) is 0 Å². The van der Waals surface area contributed by atoms with Crippen molar-refractivity contribution in [3.05, 3.63) is 54.2 Å². The van der Waals surface area contributed by atoms with Crippen LogP contribution in [0.4, 0.5) is 0 Å². The van der Waals surface area contributed by atoms with Crippen LogP contribution in [0.3, 0.4) is 0 Å². The minimum atomic E-state index is -1.01. The van der Waals surface area contributed by atoms with Crippen LogP contribution in [0.5, 0.6) is 0 Å². The smallest absolute Gasteiger partial charge is 0.120 e. The highest BCUT2D eigenvalue weighted by atomic mass is 16.3. The molecule has 2 heteroatoms. The summed E-state index contributed by atoms with van der Waals surface area (Å²) in [5.74, 6) is 10.9. The summed E-state index contributed by atoms with van der Waals surface area (Å²) in [6.07, 6.45) is 1.72. The third kappa shape index (κ3) is 4.28. The number of rotatable bonds is 1. The maximum absolute atomic E-state index is 9.42. The predicted octanol–water partition coefficient (Wildman–Crippen LogP) is 2.87. The molecule has 0 bridgehead atoms. The van der Waals surface area contributed by atoms with Crippen LogP contribution in [0, 0.1) is 23.7 Å². The zero-order valence-corrected chi connectivity index (χ0v) is 11.5. The molecule has 0 atom stereocenters. The van der Waals surface area contributed by atoms with Gasteiger partial charge < -0.3 is 5.11 Å². The molecular formula is C18H15NO. The first-order chi connectivity index (χ1) is 9.54. The third-order valence-electron chi connectivity index (χ3n) is 2.47. The number of aliphatic hydroxyl groups is 1. The van der Waals surface area contributed by atoms with Gasteiger partial charge in [0.15, 0.2) is 0 Å². The van der Waals surface area contributed by atoms with E-state index in [4.69, 9.17) is 0 Å². The molecule has 0 aliphatic carbocycles. The maximum atomic E-state index is 9.42. The molecule has 98 valence electrons. The molecule has 0 fully saturated rings. The second kappa shape index (κ2) is 6.06. The van der Waals surface area contributed by atoms with Crippen LogP contribution in [0.2, 0.25) is 0 Å². The number of aromatic nitrogens is 1. The quantitative estimate of drug-likeness (QED) is 0.801. The highest BCUT2D eigenvalue weighted by molar-refractivity contribution is 5.59. The van der Waals surface area contributed by atoms with Gasteiger partial charge in [0, 0.05) is 17.3 Å². The Balaban J connectivity index is 2.13. The molecule has 1 N–H and O–H groups in total. The van der Waals surface area contributed by atoms with Crippen LogP contribution in [-0.2, 0) is 0 Å². The molecular weight excluding hydrogens is 246 g/mol. The number of hydrogen-bond acceptors (Lipinski definition) is 2. The van der Waals surface area contributed by atoms with E-state index < -0.39 is 5.60 Å². The molecule has 0 spiro atoms. The Hall–Kier alpha value is -2.55. The summed E-state index contributed by atoms with van der Waals surface area (Å²) in [5, 5.41) is 9.42. The summed E-state index contributed by atoms with van der Waals surface area (Å²) in [7, 11) is 0. The monoisotopic (exact) mass is 261 g/mol. The van der Waals surface area contributed by atoms with Crippen LogP contribution < -0.4 is 0 Å². The average molecular weight is 261 g/mol. The standard InChI is InChI=1S/C18H15NO/c1-18(2,20)13-7-6-8-15-11-12-17(19-14-15)16-9-4-3-5-10-16/h3-5,9-12,14,20H,1-2H3. The molecule has 0 unspecified atom stereocenters. The molecule has 2 nitrogen and oxygen atoms in total. The van der Waals surface area contributed by atoms with Gasteiger partial charge in [-0.1, -0.05) is 42.2 Å². The average Bonchev–Trinajstić information content (AvgIpc) is 2.44. The molecule has 2 rings (SSSR count). The van der Waals surface area contributed by atoms with E-state index in [-0.39, 0.29) is 0 Å². The molecule has 1 aromatic carbocycles. The fourth-order valence-corrected chi connectivity index (χ4v) is 1.54. The number of hydrogen-bond donors (Lipinski definition) is 1. The lowest BCUT2D eigenvalue weighted by atomic mass is 10.1. The minimum absolute atomic E-state index is 0.801. The van der Waals surface area contributed by atoms with Crippen molar-refractivity contribution >= 4 is 0 Å². The van der Waals surface area contributed by atoms with E-state index in [0.29, 0.717) is 0 Å². The predicted molar refractivity (Wildman–Crippen MR) is 80.6 cm³/mol. The summed E-state index contributed by atoms with van der Waals surface area (Å²) < 4.78 is 0. The second-order valence-electron chi connectivity index (χ2n) is 4.86. The van der Waals surface area contributed by atoms with E-state index in [1.165, 1.54) is 0 Å². The molecule has 0 aliphatic heterocycles. The van der Waals surface area contributed by atoms with E-state index in [0.717, 1.165) is 16.8 Å². The number of pyridine rings is 1. The van der Waals surface area contributed by atoms with Gasteiger partial charge in [-0.3, -0.25) is 4.98 Å².